The van der Waals surface area contributed by atoms with Crippen molar-refractivity contribution in [1.29, 1.82) is 0 Å². The molecule has 1 aromatic heterocycles. The summed E-state index contributed by atoms with van der Waals surface area (Å²) in [6, 6.07) is 0.496. The Morgan fingerprint density at radius 3 is 2.60 bits per heavy atom. The third-order valence-corrected chi connectivity index (χ3v) is 6.34. The van der Waals surface area contributed by atoms with E-state index in [1.54, 1.807) is 0 Å². The highest BCUT2D eigenvalue weighted by atomic mass is 35.5. The van der Waals surface area contributed by atoms with E-state index in [1.165, 1.54) is 0 Å². The zero-order valence-corrected chi connectivity index (χ0v) is 12.2. The van der Waals surface area contributed by atoms with Gasteiger partial charge in [-0.25, -0.2) is 8.42 Å². The van der Waals surface area contributed by atoms with E-state index < -0.39 is 33.1 Å². The molecule has 0 aliphatic heterocycles. The van der Waals surface area contributed by atoms with Gasteiger partial charge in [0.1, 0.15) is 10.8 Å². The van der Waals surface area contributed by atoms with Gasteiger partial charge >= 0.3 is 5.97 Å². The number of thiophene rings is 1. The molecule has 0 spiro atoms. The largest absolute Gasteiger partial charge is 0.480 e. The van der Waals surface area contributed by atoms with Crippen molar-refractivity contribution in [2.45, 2.75) is 23.1 Å². The fraction of sp³-hybridized carbons (Fsp3) is 0.444. The van der Waals surface area contributed by atoms with Crippen LogP contribution >= 0.6 is 22.9 Å². The Labute approximate surface area is 122 Å². The summed E-state index contributed by atoms with van der Waals surface area (Å²) >= 11 is 6.18. The summed E-state index contributed by atoms with van der Waals surface area (Å²) in [5.41, 5.74) is -0.499. The second-order valence-electron chi connectivity index (χ2n) is 4.16. The van der Waals surface area contributed by atoms with E-state index in [2.05, 4.69) is 0 Å². The second-order valence-corrected chi connectivity index (χ2v) is 7.93. The number of nitrogens with zero attached hydrogens (tertiary/aromatic N) is 2. The number of rotatable bonds is 6. The van der Waals surface area contributed by atoms with Gasteiger partial charge in [0.25, 0.3) is 15.7 Å². The van der Waals surface area contributed by atoms with E-state index in [9.17, 15) is 23.3 Å². The van der Waals surface area contributed by atoms with Crippen LogP contribution in [-0.4, -0.2) is 41.3 Å². The summed E-state index contributed by atoms with van der Waals surface area (Å²) in [5.74, 6) is -1.28. The fourth-order valence-corrected chi connectivity index (χ4v) is 5.04. The van der Waals surface area contributed by atoms with Crippen LogP contribution in [0.1, 0.15) is 12.8 Å². The molecule has 11 heteroatoms. The first kappa shape index (κ1) is 15.2. The van der Waals surface area contributed by atoms with Crippen molar-refractivity contribution in [2.75, 3.05) is 6.54 Å². The summed E-state index contributed by atoms with van der Waals surface area (Å²) in [6.07, 6.45) is 1.15. The lowest BCUT2D eigenvalue weighted by atomic mass is 10.6. The van der Waals surface area contributed by atoms with Crippen LogP contribution in [0.5, 0.6) is 0 Å². The van der Waals surface area contributed by atoms with Crippen molar-refractivity contribution < 1.29 is 23.2 Å². The molecule has 8 nitrogen and oxygen atoms in total. The minimum absolute atomic E-state index is 0.250. The predicted octanol–water partition coefficient (Wildman–Crippen LogP) is 1.55. The molecule has 1 aliphatic rings. The molecule has 1 aromatic rings. The van der Waals surface area contributed by atoms with E-state index in [0.29, 0.717) is 24.2 Å². The van der Waals surface area contributed by atoms with E-state index in [-0.39, 0.29) is 14.6 Å². The van der Waals surface area contributed by atoms with Crippen LogP contribution in [0.15, 0.2) is 10.3 Å². The first-order valence-electron chi connectivity index (χ1n) is 5.41. The molecule has 0 radical (unpaired) electrons. The van der Waals surface area contributed by atoms with Crippen molar-refractivity contribution >= 4 is 44.6 Å². The number of sulfonamides is 1. The predicted molar refractivity (Wildman–Crippen MR) is 70.5 cm³/mol. The van der Waals surface area contributed by atoms with E-state index >= 15 is 0 Å². The van der Waals surface area contributed by atoms with Gasteiger partial charge in [-0.3, -0.25) is 14.9 Å². The zero-order valence-electron chi connectivity index (χ0n) is 9.85. The molecule has 1 aliphatic carbocycles. The highest BCUT2D eigenvalue weighted by Crippen LogP contribution is 2.40. The molecule has 0 aromatic carbocycles. The maximum Gasteiger partial charge on any atom is 0.318 e. The number of nitro groups is 1. The van der Waals surface area contributed by atoms with Crippen LogP contribution < -0.4 is 0 Å². The van der Waals surface area contributed by atoms with Gasteiger partial charge in [0.15, 0.2) is 4.34 Å². The highest BCUT2D eigenvalue weighted by Gasteiger charge is 2.41. The van der Waals surface area contributed by atoms with Crippen molar-refractivity contribution in [1.82, 2.24) is 4.31 Å². The monoisotopic (exact) mass is 340 g/mol. The van der Waals surface area contributed by atoms with Gasteiger partial charge in [-0.05, 0) is 12.8 Å². The third kappa shape index (κ3) is 2.92. The van der Waals surface area contributed by atoms with Gasteiger partial charge in [-0.15, -0.1) is 11.3 Å². The number of aliphatic carboxylic acids is 1. The van der Waals surface area contributed by atoms with Crippen LogP contribution in [0, 0.1) is 10.1 Å². The Bertz CT molecular complexity index is 666. The maximum absolute atomic E-state index is 12.3. The van der Waals surface area contributed by atoms with E-state index in [1.807, 2.05) is 0 Å². The molecular formula is C9H9ClN2O6S2. The average molecular weight is 341 g/mol. The van der Waals surface area contributed by atoms with Gasteiger partial charge in [0, 0.05) is 12.1 Å². The van der Waals surface area contributed by atoms with Crippen LogP contribution in [0.3, 0.4) is 0 Å². The van der Waals surface area contributed by atoms with Gasteiger partial charge < -0.3 is 5.11 Å². The second kappa shape index (κ2) is 5.28. The first-order valence-corrected chi connectivity index (χ1v) is 8.04. The Hall–Kier alpha value is -1.23. The Morgan fingerprint density at radius 1 is 1.60 bits per heavy atom. The Balaban J connectivity index is 2.40. The van der Waals surface area contributed by atoms with Crippen molar-refractivity contribution in [2.24, 2.45) is 0 Å². The van der Waals surface area contributed by atoms with Gasteiger partial charge in [-0.2, -0.15) is 4.31 Å². The van der Waals surface area contributed by atoms with Gasteiger partial charge in [-0.1, -0.05) is 11.6 Å². The maximum atomic E-state index is 12.3. The average Bonchev–Trinajstić information content (AvgIpc) is 3.07. The molecule has 0 atom stereocenters. The highest BCUT2D eigenvalue weighted by molar-refractivity contribution is 7.91. The van der Waals surface area contributed by atoms with E-state index in [4.69, 9.17) is 16.7 Å². The third-order valence-electron chi connectivity index (χ3n) is 2.65. The lowest BCUT2D eigenvalue weighted by Crippen LogP contribution is -2.37. The molecule has 0 bridgehead atoms. The van der Waals surface area contributed by atoms with Crippen LogP contribution in [-0.2, 0) is 14.8 Å². The number of hydrogen-bond acceptors (Lipinski definition) is 6. The van der Waals surface area contributed by atoms with Gasteiger partial charge in [0.2, 0.25) is 0 Å². The molecule has 1 heterocycles. The topological polar surface area (TPSA) is 118 Å². The Kier molecular flexibility index (Phi) is 4.00. The first-order chi connectivity index (χ1) is 9.23. The number of hydrogen-bond donors (Lipinski definition) is 1. The summed E-state index contributed by atoms with van der Waals surface area (Å²) in [5, 5.41) is 19.5. The lowest BCUT2D eigenvalue weighted by Gasteiger charge is -2.18. The molecule has 110 valence electrons. The fourth-order valence-electron chi connectivity index (χ4n) is 1.61. The number of halogens is 1. The normalized spacial score (nSPS) is 15.5. The van der Waals surface area contributed by atoms with Crippen LogP contribution in [0.2, 0.25) is 4.34 Å². The van der Waals surface area contributed by atoms with Crippen LogP contribution in [0.25, 0.3) is 0 Å². The number of carboxylic acid groups (broad SMARTS) is 1. The lowest BCUT2D eigenvalue weighted by molar-refractivity contribution is -0.384. The standard InChI is InChI=1S/C9H9ClN2O6S2/c10-9-6(12(15)16)3-8(19-9)20(17,18)11(4-7(13)14)5-1-2-5/h3,5H,1-2,4H2,(H,13,14). The quantitative estimate of drug-likeness (QED) is 0.620. The number of carbonyl (C=O) groups is 1. The van der Waals surface area contributed by atoms with Crippen molar-refractivity contribution in [3.63, 3.8) is 0 Å². The molecule has 1 saturated carbocycles. The van der Waals surface area contributed by atoms with E-state index in [0.717, 1.165) is 10.4 Å². The molecule has 0 unspecified atom stereocenters. The minimum atomic E-state index is -4.09. The minimum Gasteiger partial charge on any atom is -0.480 e. The summed E-state index contributed by atoms with van der Waals surface area (Å²) in [7, 11) is -4.09. The molecule has 2 rings (SSSR count). The van der Waals surface area contributed by atoms with Crippen molar-refractivity contribution in [3.05, 3.63) is 20.5 Å². The molecule has 1 N–H and O–H groups in total. The number of carboxylic acids is 1. The Morgan fingerprint density at radius 2 is 2.20 bits per heavy atom. The molecule has 0 saturated heterocycles. The molecule has 1 fully saturated rings. The van der Waals surface area contributed by atoms with Crippen LogP contribution in [0.4, 0.5) is 5.69 Å². The SMILES string of the molecule is O=C(O)CN(C1CC1)S(=O)(=O)c1cc([N+](=O)[O-])c(Cl)s1. The van der Waals surface area contributed by atoms with Crippen molar-refractivity contribution in [3.8, 4) is 0 Å². The summed E-state index contributed by atoms with van der Waals surface area (Å²) in [6.45, 7) is -0.670. The summed E-state index contributed by atoms with van der Waals surface area (Å²) < 4.78 is 24.9. The van der Waals surface area contributed by atoms with Gasteiger partial charge in [0.05, 0.1) is 4.92 Å². The molecular weight excluding hydrogens is 332 g/mol. The molecule has 0 amide bonds. The smallest absolute Gasteiger partial charge is 0.318 e. The summed E-state index contributed by atoms with van der Waals surface area (Å²) in [4.78, 5) is 20.7. The zero-order chi connectivity index (χ0) is 15.1. The molecule has 20 heavy (non-hydrogen) atoms.